The zero-order chi connectivity index (χ0) is 22.0. The predicted molar refractivity (Wildman–Crippen MR) is 109 cm³/mol. The molecule has 30 heavy (non-hydrogen) atoms. The van der Waals surface area contributed by atoms with Crippen molar-refractivity contribution < 1.29 is 14.1 Å². The molecule has 158 valence electrons. The first-order valence-corrected chi connectivity index (χ1v) is 9.50. The van der Waals surface area contributed by atoms with Crippen molar-refractivity contribution in [3.05, 3.63) is 67.9 Å². The third-order valence-corrected chi connectivity index (χ3v) is 5.01. The predicted octanol–water partition coefficient (Wildman–Crippen LogP) is 3.78. The Morgan fingerprint density at radius 3 is 2.60 bits per heavy atom. The Kier molecular flexibility index (Phi) is 6.16. The van der Waals surface area contributed by atoms with Gasteiger partial charge in [-0.1, -0.05) is 17.7 Å². The standard InChI is InChI=1S/C19H20ClFN6O3/c1-11-8-17(24-26(11)10-14-4-5-15(21)9-16(14)20)22-18(28)6-7-25-13(3)19(27(29)30)12(2)23-25/h4-5,8-9H,6-7,10H2,1-3H3,(H,22,24,28). The minimum absolute atomic E-state index is 0.0377. The summed E-state index contributed by atoms with van der Waals surface area (Å²) >= 11 is 6.07. The van der Waals surface area contributed by atoms with Gasteiger partial charge in [0.2, 0.25) is 5.91 Å². The molecule has 3 aromatic rings. The fourth-order valence-corrected chi connectivity index (χ4v) is 3.35. The Hall–Kier alpha value is -3.27. The van der Waals surface area contributed by atoms with Crippen molar-refractivity contribution >= 4 is 29.0 Å². The second-order valence-corrected chi connectivity index (χ2v) is 7.27. The topological polar surface area (TPSA) is 108 Å². The number of aryl methyl sites for hydroxylation is 3. The van der Waals surface area contributed by atoms with Gasteiger partial charge in [0.15, 0.2) is 5.82 Å². The van der Waals surface area contributed by atoms with E-state index in [-0.39, 0.29) is 24.6 Å². The number of nitro groups is 1. The Morgan fingerprint density at radius 1 is 1.23 bits per heavy atom. The molecule has 0 radical (unpaired) electrons. The highest BCUT2D eigenvalue weighted by Gasteiger charge is 2.22. The Labute approximate surface area is 176 Å². The van der Waals surface area contributed by atoms with E-state index >= 15 is 0 Å². The molecule has 1 aromatic carbocycles. The summed E-state index contributed by atoms with van der Waals surface area (Å²) in [4.78, 5) is 22.9. The van der Waals surface area contributed by atoms with Gasteiger partial charge in [-0.05, 0) is 38.5 Å². The Morgan fingerprint density at radius 2 is 1.97 bits per heavy atom. The van der Waals surface area contributed by atoms with Gasteiger partial charge in [0.25, 0.3) is 0 Å². The second-order valence-electron chi connectivity index (χ2n) is 6.86. The maximum Gasteiger partial charge on any atom is 0.312 e. The van der Waals surface area contributed by atoms with Gasteiger partial charge < -0.3 is 5.32 Å². The van der Waals surface area contributed by atoms with E-state index in [0.29, 0.717) is 34.3 Å². The van der Waals surface area contributed by atoms with Crippen LogP contribution in [0.5, 0.6) is 0 Å². The molecule has 0 aliphatic carbocycles. The molecule has 0 saturated carbocycles. The lowest BCUT2D eigenvalue weighted by molar-refractivity contribution is -0.386. The molecule has 2 aromatic heterocycles. The minimum atomic E-state index is -0.475. The van der Waals surface area contributed by atoms with Crippen molar-refractivity contribution in [3.8, 4) is 0 Å². The second kappa shape index (κ2) is 8.62. The molecule has 3 rings (SSSR count). The third-order valence-electron chi connectivity index (χ3n) is 4.66. The number of nitrogens with zero attached hydrogens (tertiary/aromatic N) is 5. The summed E-state index contributed by atoms with van der Waals surface area (Å²) in [6.45, 7) is 5.52. The van der Waals surface area contributed by atoms with Crippen LogP contribution < -0.4 is 5.32 Å². The molecule has 1 N–H and O–H groups in total. The van der Waals surface area contributed by atoms with Gasteiger partial charge in [0.05, 0.1) is 18.0 Å². The summed E-state index contributed by atoms with van der Waals surface area (Å²) in [5.41, 5.74) is 2.17. The summed E-state index contributed by atoms with van der Waals surface area (Å²) in [6, 6.07) is 5.86. The van der Waals surface area contributed by atoms with Crippen molar-refractivity contribution in [2.24, 2.45) is 0 Å². The van der Waals surface area contributed by atoms with Crippen LogP contribution in [-0.2, 0) is 17.9 Å². The largest absolute Gasteiger partial charge is 0.312 e. The maximum absolute atomic E-state index is 13.2. The van der Waals surface area contributed by atoms with Gasteiger partial charge in [0.1, 0.15) is 17.2 Å². The fourth-order valence-electron chi connectivity index (χ4n) is 3.12. The first-order chi connectivity index (χ1) is 14.2. The van der Waals surface area contributed by atoms with Crippen LogP contribution in [0.3, 0.4) is 0 Å². The zero-order valence-electron chi connectivity index (χ0n) is 16.6. The molecule has 11 heteroatoms. The molecule has 0 saturated heterocycles. The first kappa shape index (κ1) is 21.4. The van der Waals surface area contributed by atoms with Gasteiger partial charge in [-0.2, -0.15) is 10.2 Å². The molecule has 0 bridgehead atoms. The molecule has 0 atom stereocenters. The normalized spacial score (nSPS) is 11.0. The lowest BCUT2D eigenvalue weighted by Crippen LogP contribution is -2.16. The molecule has 0 fully saturated rings. The van der Waals surface area contributed by atoms with Crippen LogP contribution >= 0.6 is 11.6 Å². The number of hydrogen-bond donors (Lipinski definition) is 1. The summed E-state index contributed by atoms with van der Waals surface area (Å²) in [5.74, 6) is -0.341. The third kappa shape index (κ3) is 4.65. The number of nitrogens with one attached hydrogen (secondary N) is 1. The highest BCUT2D eigenvalue weighted by atomic mass is 35.5. The van der Waals surface area contributed by atoms with E-state index in [1.54, 1.807) is 30.7 Å². The quantitative estimate of drug-likeness (QED) is 0.449. The van der Waals surface area contributed by atoms with Crippen LogP contribution in [0.1, 0.15) is 29.1 Å². The van der Waals surface area contributed by atoms with Gasteiger partial charge in [-0.25, -0.2) is 4.39 Å². The zero-order valence-corrected chi connectivity index (χ0v) is 17.4. The van der Waals surface area contributed by atoms with Crippen LogP contribution in [0, 0.1) is 36.7 Å². The molecule has 1 amide bonds. The number of aromatic nitrogens is 4. The van der Waals surface area contributed by atoms with Gasteiger partial charge in [-0.15, -0.1) is 0 Å². The monoisotopic (exact) mass is 434 g/mol. The summed E-state index contributed by atoms with van der Waals surface area (Å²) < 4.78 is 16.3. The van der Waals surface area contributed by atoms with Gasteiger partial charge in [-0.3, -0.25) is 24.3 Å². The Balaban J connectivity index is 1.63. The number of benzene rings is 1. The van der Waals surface area contributed by atoms with E-state index < -0.39 is 10.7 Å². The van der Waals surface area contributed by atoms with E-state index in [1.165, 1.54) is 16.8 Å². The fraction of sp³-hybridized carbons (Fsp3) is 0.316. The summed E-state index contributed by atoms with van der Waals surface area (Å²) in [5, 5.41) is 22.6. The highest BCUT2D eigenvalue weighted by Crippen LogP contribution is 2.22. The van der Waals surface area contributed by atoms with Crippen LogP contribution in [0.15, 0.2) is 24.3 Å². The number of anilines is 1. The van der Waals surface area contributed by atoms with Crippen LogP contribution in [0.25, 0.3) is 0 Å². The average Bonchev–Trinajstić information content (AvgIpc) is 3.13. The molecule has 0 aliphatic heterocycles. The van der Waals surface area contributed by atoms with E-state index in [0.717, 1.165) is 5.69 Å². The number of rotatable bonds is 7. The number of halogens is 2. The Bertz CT molecular complexity index is 1120. The van der Waals surface area contributed by atoms with E-state index in [4.69, 9.17) is 11.6 Å². The molecule has 2 heterocycles. The van der Waals surface area contributed by atoms with Crippen LogP contribution in [0.2, 0.25) is 5.02 Å². The molecular formula is C19H20ClFN6O3. The minimum Gasteiger partial charge on any atom is -0.309 e. The van der Waals surface area contributed by atoms with E-state index in [1.807, 2.05) is 6.92 Å². The van der Waals surface area contributed by atoms with Gasteiger partial charge in [0, 0.05) is 23.2 Å². The number of carbonyl (C=O) groups excluding carboxylic acids is 1. The van der Waals surface area contributed by atoms with Crippen molar-refractivity contribution in [2.75, 3.05) is 5.32 Å². The van der Waals surface area contributed by atoms with Crippen molar-refractivity contribution in [1.29, 1.82) is 0 Å². The molecule has 0 spiro atoms. The van der Waals surface area contributed by atoms with Crippen LogP contribution in [0.4, 0.5) is 15.9 Å². The summed E-state index contributed by atoms with van der Waals surface area (Å²) in [7, 11) is 0. The van der Waals surface area contributed by atoms with Crippen molar-refractivity contribution in [3.63, 3.8) is 0 Å². The summed E-state index contributed by atoms with van der Waals surface area (Å²) in [6.07, 6.45) is 0.0782. The van der Waals surface area contributed by atoms with Crippen molar-refractivity contribution in [1.82, 2.24) is 19.6 Å². The van der Waals surface area contributed by atoms with Gasteiger partial charge >= 0.3 is 5.69 Å². The van der Waals surface area contributed by atoms with Crippen molar-refractivity contribution in [2.45, 2.75) is 40.3 Å². The lowest BCUT2D eigenvalue weighted by atomic mass is 10.2. The molecular weight excluding hydrogens is 415 g/mol. The molecule has 0 aliphatic rings. The number of carbonyl (C=O) groups is 1. The average molecular weight is 435 g/mol. The maximum atomic E-state index is 13.2. The van der Waals surface area contributed by atoms with E-state index in [9.17, 15) is 19.3 Å². The highest BCUT2D eigenvalue weighted by molar-refractivity contribution is 6.31. The van der Waals surface area contributed by atoms with Crippen LogP contribution in [-0.4, -0.2) is 30.4 Å². The van der Waals surface area contributed by atoms with E-state index in [2.05, 4.69) is 15.5 Å². The molecule has 9 nitrogen and oxygen atoms in total. The smallest absolute Gasteiger partial charge is 0.309 e. The number of hydrogen-bond acceptors (Lipinski definition) is 5. The number of amides is 1. The molecule has 0 unspecified atom stereocenters. The lowest BCUT2D eigenvalue weighted by Gasteiger charge is -2.07. The first-order valence-electron chi connectivity index (χ1n) is 9.12. The SMILES string of the molecule is Cc1nn(CCC(=O)Nc2cc(C)n(Cc3ccc(F)cc3Cl)n2)c(C)c1[N+](=O)[O-].